The van der Waals surface area contributed by atoms with Crippen LogP contribution in [-0.2, 0) is 0 Å². The maximum Gasteiger partial charge on any atom is 0.183 e. The van der Waals surface area contributed by atoms with Crippen molar-refractivity contribution in [2.75, 3.05) is 5.32 Å². The second-order valence-electron chi connectivity index (χ2n) is 4.00. The summed E-state index contributed by atoms with van der Waals surface area (Å²) in [6, 6.07) is 9.99. The van der Waals surface area contributed by atoms with Crippen molar-refractivity contribution in [1.82, 2.24) is 4.98 Å². The van der Waals surface area contributed by atoms with Crippen LogP contribution in [-0.4, -0.2) is 11.0 Å². The lowest BCUT2D eigenvalue weighted by Crippen LogP contribution is -2.21. The summed E-state index contributed by atoms with van der Waals surface area (Å²) in [6.45, 7) is 3.67. The molecule has 18 heavy (non-hydrogen) atoms. The molecular formula is C13H13N2O2S-. The molecule has 0 aliphatic heterocycles. The van der Waals surface area contributed by atoms with Gasteiger partial charge < -0.3 is 15.2 Å². The highest BCUT2D eigenvalue weighted by Crippen LogP contribution is 2.25. The number of carboxylic acids is 1. The first kappa shape index (κ1) is 12.6. The SMILES string of the molecule is Cc1nc(N[C@H](C)c2ccccc2)sc1C(=O)[O-]. The average molecular weight is 261 g/mol. The number of carbonyl (C=O) groups is 1. The molecule has 0 saturated heterocycles. The summed E-state index contributed by atoms with van der Waals surface area (Å²) in [5.74, 6) is -1.18. The molecule has 1 aromatic carbocycles. The molecule has 1 N–H and O–H groups in total. The van der Waals surface area contributed by atoms with Gasteiger partial charge in [0.25, 0.3) is 0 Å². The van der Waals surface area contributed by atoms with E-state index in [9.17, 15) is 9.90 Å². The Balaban J connectivity index is 2.15. The fourth-order valence-corrected chi connectivity index (χ4v) is 2.55. The molecule has 0 fully saturated rings. The van der Waals surface area contributed by atoms with Crippen LogP contribution >= 0.6 is 11.3 Å². The van der Waals surface area contributed by atoms with Crippen molar-refractivity contribution in [3.05, 3.63) is 46.5 Å². The van der Waals surface area contributed by atoms with Crippen LogP contribution in [0.5, 0.6) is 0 Å². The number of carbonyl (C=O) groups excluding carboxylic acids is 1. The lowest BCUT2D eigenvalue weighted by Gasteiger charge is -2.12. The largest absolute Gasteiger partial charge is 0.544 e. The van der Waals surface area contributed by atoms with Crippen LogP contribution in [0.4, 0.5) is 5.13 Å². The van der Waals surface area contributed by atoms with Crippen LogP contribution in [0.15, 0.2) is 30.3 Å². The normalized spacial score (nSPS) is 12.1. The number of hydrogen-bond acceptors (Lipinski definition) is 5. The van der Waals surface area contributed by atoms with Gasteiger partial charge in [0.1, 0.15) is 0 Å². The minimum absolute atomic E-state index is 0.0753. The molecule has 2 rings (SSSR count). The summed E-state index contributed by atoms with van der Waals surface area (Å²) >= 11 is 1.11. The Hall–Kier alpha value is -1.88. The minimum atomic E-state index is -1.18. The molecule has 0 unspecified atom stereocenters. The van der Waals surface area contributed by atoms with E-state index in [-0.39, 0.29) is 10.9 Å². The predicted molar refractivity (Wildman–Crippen MR) is 69.7 cm³/mol. The van der Waals surface area contributed by atoms with Gasteiger partial charge in [-0.05, 0) is 19.4 Å². The maximum absolute atomic E-state index is 10.8. The van der Waals surface area contributed by atoms with Crippen molar-refractivity contribution >= 4 is 22.4 Å². The summed E-state index contributed by atoms with van der Waals surface area (Å²) in [7, 11) is 0. The highest BCUT2D eigenvalue weighted by Gasteiger charge is 2.11. The zero-order valence-corrected chi connectivity index (χ0v) is 11.0. The fraction of sp³-hybridized carbons (Fsp3) is 0.231. The van der Waals surface area contributed by atoms with Crippen molar-refractivity contribution < 1.29 is 9.90 Å². The Bertz CT molecular complexity index is 551. The molecule has 0 bridgehead atoms. The zero-order valence-electron chi connectivity index (χ0n) is 10.1. The van der Waals surface area contributed by atoms with E-state index in [4.69, 9.17) is 0 Å². The Morgan fingerprint density at radius 2 is 2.06 bits per heavy atom. The Labute approximate surface area is 109 Å². The third kappa shape index (κ3) is 2.68. The van der Waals surface area contributed by atoms with Gasteiger partial charge in [0.15, 0.2) is 5.13 Å². The quantitative estimate of drug-likeness (QED) is 0.914. The fourth-order valence-electron chi connectivity index (χ4n) is 1.66. The number of benzene rings is 1. The summed E-state index contributed by atoms with van der Waals surface area (Å²) in [6.07, 6.45) is 0. The summed E-state index contributed by atoms with van der Waals surface area (Å²) < 4.78 is 0. The van der Waals surface area contributed by atoms with E-state index in [1.165, 1.54) is 0 Å². The van der Waals surface area contributed by atoms with Crippen LogP contribution < -0.4 is 10.4 Å². The summed E-state index contributed by atoms with van der Waals surface area (Å²) in [4.78, 5) is 15.2. The van der Waals surface area contributed by atoms with Gasteiger partial charge in [-0.25, -0.2) is 4.98 Å². The van der Waals surface area contributed by atoms with Crippen LogP contribution in [0.3, 0.4) is 0 Å². The molecule has 1 heterocycles. The van der Waals surface area contributed by atoms with E-state index in [0.717, 1.165) is 16.9 Å². The topological polar surface area (TPSA) is 65.0 Å². The van der Waals surface area contributed by atoms with Crippen molar-refractivity contribution in [3.63, 3.8) is 0 Å². The lowest BCUT2D eigenvalue weighted by molar-refractivity contribution is -0.254. The van der Waals surface area contributed by atoms with Gasteiger partial charge in [0.05, 0.1) is 22.6 Å². The maximum atomic E-state index is 10.8. The molecule has 5 heteroatoms. The predicted octanol–water partition coefficient (Wildman–Crippen LogP) is 1.99. The molecule has 0 amide bonds. The third-order valence-corrected chi connectivity index (χ3v) is 3.69. The van der Waals surface area contributed by atoms with Gasteiger partial charge in [-0.3, -0.25) is 0 Å². The summed E-state index contributed by atoms with van der Waals surface area (Å²) in [5.41, 5.74) is 1.61. The van der Waals surface area contributed by atoms with Gasteiger partial charge in [-0.2, -0.15) is 0 Å². The number of thiazole rings is 1. The molecule has 94 valence electrons. The highest BCUT2D eigenvalue weighted by molar-refractivity contribution is 7.17. The summed E-state index contributed by atoms with van der Waals surface area (Å²) in [5, 5.41) is 14.6. The number of nitrogens with one attached hydrogen (secondary N) is 1. The molecule has 0 aliphatic rings. The van der Waals surface area contributed by atoms with Crippen molar-refractivity contribution in [1.29, 1.82) is 0 Å². The van der Waals surface area contributed by atoms with Crippen molar-refractivity contribution in [3.8, 4) is 0 Å². The van der Waals surface area contributed by atoms with Gasteiger partial charge in [-0.1, -0.05) is 41.7 Å². The molecule has 4 nitrogen and oxygen atoms in total. The number of nitrogens with zero attached hydrogens (tertiary/aromatic N) is 1. The van der Waals surface area contributed by atoms with E-state index in [1.807, 2.05) is 37.3 Å². The van der Waals surface area contributed by atoms with E-state index in [1.54, 1.807) is 6.92 Å². The number of aromatic carboxylic acids is 1. The van der Waals surface area contributed by atoms with Gasteiger partial charge in [0.2, 0.25) is 0 Å². The smallest absolute Gasteiger partial charge is 0.183 e. The second kappa shape index (κ2) is 5.18. The number of carboxylic acid groups (broad SMARTS) is 1. The molecule has 0 aliphatic carbocycles. The van der Waals surface area contributed by atoms with E-state index in [2.05, 4.69) is 10.3 Å². The van der Waals surface area contributed by atoms with Crippen molar-refractivity contribution in [2.24, 2.45) is 0 Å². The van der Waals surface area contributed by atoms with Crippen LogP contribution in [0.2, 0.25) is 0 Å². The first-order valence-electron chi connectivity index (χ1n) is 5.58. The highest BCUT2D eigenvalue weighted by atomic mass is 32.1. The Kier molecular flexibility index (Phi) is 3.62. The second-order valence-corrected chi connectivity index (χ2v) is 5.00. The molecule has 0 radical (unpaired) electrons. The van der Waals surface area contributed by atoms with Crippen LogP contribution in [0, 0.1) is 6.92 Å². The first-order chi connectivity index (χ1) is 8.58. The molecule has 1 atom stereocenters. The lowest BCUT2D eigenvalue weighted by atomic mass is 10.1. The van der Waals surface area contributed by atoms with Gasteiger partial charge in [-0.15, -0.1) is 0 Å². The third-order valence-electron chi connectivity index (χ3n) is 2.62. The standard InChI is InChI=1S/C13H14N2O2S/c1-8(10-6-4-3-5-7-10)14-13-15-9(2)11(18-13)12(16)17/h3-8H,1-2H3,(H,14,15)(H,16,17)/p-1/t8-/m1/s1. The first-order valence-corrected chi connectivity index (χ1v) is 6.40. The average Bonchev–Trinajstić information content (AvgIpc) is 2.71. The van der Waals surface area contributed by atoms with Crippen LogP contribution in [0.1, 0.15) is 33.9 Å². The molecule has 2 aromatic rings. The molecule has 0 saturated carbocycles. The number of aryl methyl sites for hydroxylation is 1. The Morgan fingerprint density at radius 3 is 2.61 bits per heavy atom. The number of hydrogen-bond donors (Lipinski definition) is 1. The van der Waals surface area contributed by atoms with Crippen molar-refractivity contribution in [2.45, 2.75) is 19.9 Å². The van der Waals surface area contributed by atoms with E-state index >= 15 is 0 Å². The number of anilines is 1. The molecular weight excluding hydrogens is 248 g/mol. The zero-order chi connectivity index (χ0) is 13.1. The monoisotopic (exact) mass is 261 g/mol. The van der Waals surface area contributed by atoms with E-state index in [0.29, 0.717) is 10.8 Å². The van der Waals surface area contributed by atoms with Gasteiger partial charge >= 0.3 is 0 Å². The number of rotatable bonds is 4. The Morgan fingerprint density at radius 1 is 1.39 bits per heavy atom. The minimum Gasteiger partial charge on any atom is -0.544 e. The molecule has 1 aromatic heterocycles. The van der Waals surface area contributed by atoms with Gasteiger partial charge in [0, 0.05) is 0 Å². The van der Waals surface area contributed by atoms with Crippen LogP contribution in [0.25, 0.3) is 0 Å². The molecule has 0 spiro atoms. The van der Waals surface area contributed by atoms with E-state index < -0.39 is 5.97 Å². The number of aromatic nitrogens is 1.